The summed E-state index contributed by atoms with van der Waals surface area (Å²) in [5.74, 6) is 0.703. The molecule has 0 aliphatic heterocycles. The molecular weight excluding hydrogens is 229 g/mol. The van der Waals surface area contributed by atoms with Crippen LogP contribution in [0.5, 0.6) is 5.75 Å². The summed E-state index contributed by atoms with van der Waals surface area (Å²) in [7, 11) is 1.50. The molecule has 1 N–H and O–H groups in total. The Kier molecular flexibility index (Phi) is 6.13. The van der Waals surface area contributed by atoms with Crippen molar-refractivity contribution >= 4 is 0 Å². The topological polar surface area (TPSA) is 21.3 Å². The summed E-state index contributed by atoms with van der Waals surface area (Å²) in [6.45, 7) is 7.25. The Morgan fingerprint density at radius 3 is 2.56 bits per heavy atom. The quantitative estimate of drug-likeness (QED) is 0.795. The summed E-state index contributed by atoms with van der Waals surface area (Å²) in [5.41, 5.74) is 0.705. The van der Waals surface area contributed by atoms with E-state index in [0.29, 0.717) is 17.2 Å². The van der Waals surface area contributed by atoms with Gasteiger partial charge in [0, 0.05) is 11.6 Å². The predicted molar refractivity (Wildman–Crippen MR) is 73.4 cm³/mol. The molecule has 0 aliphatic rings. The van der Waals surface area contributed by atoms with Crippen LogP contribution in [0.1, 0.15) is 45.2 Å². The van der Waals surface area contributed by atoms with E-state index in [2.05, 4.69) is 19.2 Å². The van der Waals surface area contributed by atoms with Crippen molar-refractivity contribution in [1.29, 1.82) is 0 Å². The molecule has 0 bridgehead atoms. The lowest BCUT2D eigenvalue weighted by molar-refractivity contribution is 0.374. The molecule has 102 valence electrons. The fourth-order valence-electron chi connectivity index (χ4n) is 2.07. The number of nitrogens with one attached hydrogen (secondary N) is 1. The van der Waals surface area contributed by atoms with Crippen LogP contribution in [-0.4, -0.2) is 13.7 Å². The lowest BCUT2D eigenvalue weighted by atomic mass is 9.97. The first-order chi connectivity index (χ1) is 8.60. The number of methoxy groups -OCH3 is 1. The van der Waals surface area contributed by atoms with Crippen molar-refractivity contribution in [3.8, 4) is 5.75 Å². The Balaban J connectivity index is 2.90. The molecule has 0 radical (unpaired) electrons. The lowest BCUT2D eigenvalue weighted by Crippen LogP contribution is -2.22. The minimum absolute atomic E-state index is 0.0625. The van der Waals surface area contributed by atoms with Gasteiger partial charge in [-0.05, 0) is 31.4 Å². The third kappa shape index (κ3) is 3.98. The Bertz CT molecular complexity index is 366. The van der Waals surface area contributed by atoms with Crippen molar-refractivity contribution in [2.75, 3.05) is 13.7 Å². The largest absolute Gasteiger partial charge is 0.494 e. The first kappa shape index (κ1) is 15.0. The summed E-state index contributed by atoms with van der Waals surface area (Å²) < 4.78 is 19.2. The Hall–Kier alpha value is -1.09. The molecule has 0 aromatic heterocycles. The summed E-state index contributed by atoms with van der Waals surface area (Å²) in [4.78, 5) is 0. The zero-order valence-corrected chi connectivity index (χ0v) is 11.8. The summed E-state index contributed by atoms with van der Waals surface area (Å²) in [6, 6.07) is 5.40. The monoisotopic (exact) mass is 253 g/mol. The molecule has 1 unspecified atom stereocenters. The van der Waals surface area contributed by atoms with Gasteiger partial charge >= 0.3 is 0 Å². The molecule has 18 heavy (non-hydrogen) atoms. The Morgan fingerprint density at radius 1 is 1.28 bits per heavy atom. The summed E-state index contributed by atoms with van der Waals surface area (Å²) in [5, 5.41) is 3.35. The molecule has 0 saturated carbocycles. The predicted octanol–water partition coefficient (Wildman–Crippen LogP) is 3.92. The Morgan fingerprint density at radius 2 is 2.00 bits per heavy atom. The van der Waals surface area contributed by atoms with Gasteiger partial charge < -0.3 is 10.1 Å². The maximum Gasteiger partial charge on any atom is 0.169 e. The van der Waals surface area contributed by atoms with Crippen molar-refractivity contribution in [2.24, 2.45) is 5.92 Å². The first-order valence-electron chi connectivity index (χ1n) is 6.65. The van der Waals surface area contributed by atoms with Gasteiger partial charge in [0.05, 0.1) is 7.11 Å². The lowest BCUT2D eigenvalue weighted by Gasteiger charge is -2.20. The number of benzene rings is 1. The molecule has 0 saturated heterocycles. The highest BCUT2D eigenvalue weighted by atomic mass is 19.1. The van der Waals surface area contributed by atoms with E-state index in [1.807, 2.05) is 19.1 Å². The highest BCUT2D eigenvalue weighted by Gasteiger charge is 2.17. The van der Waals surface area contributed by atoms with Gasteiger partial charge in [0.1, 0.15) is 0 Å². The number of hydrogen-bond acceptors (Lipinski definition) is 2. The highest BCUT2D eigenvalue weighted by Crippen LogP contribution is 2.28. The normalized spacial score (nSPS) is 12.8. The fraction of sp³-hybridized carbons (Fsp3) is 0.600. The molecular formula is C15H24FNO. The molecule has 0 aliphatic carbocycles. The maximum absolute atomic E-state index is 14.2. The van der Waals surface area contributed by atoms with Crippen molar-refractivity contribution < 1.29 is 9.13 Å². The molecule has 0 amide bonds. The van der Waals surface area contributed by atoms with E-state index in [4.69, 9.17) is 4.74 Å². The van der Waals surface area contributed by atoms with Crippen molar-refractivity contribution in [3.05, 3.63) is 29.6 Å². The minimum atomic E-state index is -0.241. The number of ether oxygens (including phenoxy) is 1. The molecule has 1 aromatic rings. The Labute approximate surface area is 110 Å². The van der Waals surface area contributed by atoms with Crippen LogP contribution < -0.4 is 10.1 Å². The van der Waals surface area contributed by atoms with Crippen LogP contribution in [-0.2, 0) is 0 Å². The van der Waals surface area contributed by atoms with E-state index >= 15 is 0 Å². The SMILES string of the molecule is CCNC(CCC(C)C)c1cccc(OC)c1F. The van der Waals surface area contributed by atoms with Crippen molar-refractivity contribution in [3.63, 3.8) is 0 Å². The number of halogens is 1. The van der Waals surface area contributed by atoms with E-state index in [0.717, 1.165) is 19.4 Å². The third-order valence-electron chi connectivity index (χ3n) is 3.07. The van der Waals surface area contributed by atoms with Gasteiger partial charge in [0.2, 0.25) is 0 Å². The van der Waals surface area contributed by atoms with Gasteiger partial charge in [-0.1, -0.05) is 32.9 Å². The number of rotatable bonds is 7. The third-order valence-corrected chi connectivity index (χ3v) is 3.07. The van der Waals surface area contributed by atoms with Crippen LogP contribution in [0.25, 0.3) is 0 Å². The van der Waals surface area contributed by atoms with Gasteiger partial charge in [0.25, 0.3) is 0 Å². The van der Waals surface area contributed by atoms with E-state index < -0.39 is 0 Å². The molecule has 1 rings (SSSR count). The average molecular weight is 253 g/mol. The van der Waals surface area contributed by atoms with Crippen LogP contribution in [0.4, 0.5) is 4.39 Å². The molecule has 0 fully saturated rings. The van der Waals surface area contributed by atoms with Gasteiger partial charge in [0.15, 0.2) is 11.6 Å². The second-order valence-corrected chi connectivity index (χ2v) is 4.94. The number of hydrogen-bond donors (Lipinski definition) is 1. The van der Waals surface area contributed by atoms with Gasteiger partial charge in [-0.15, -0.1) is 0 Å². The molecule has 0 spiro atoms. The zero-order valence-electron chi connectivity index (χ0n) is 11.8. The molecule has 0 heterocycles. The van der Waals surface area contributed by atoms with E-state index in [1.165, 1.54) is 7.11 Å². The van der Waals surface area contributed by atoms with Gasteiger partial charge in [-0.2, -0.15) is 0 Å². The van der Waals surface area contributed by atoms with Crippen LogP contribution in [0.15, 0.2) is 18.2 Å². The average Bonchev–Trinajstić information content (AvgIpc) is 2.35. The van der Waals surface area contributed by atoms with Crippen molar-refractivity contribution in [1.82, 2.24) is 5.32 Å². The summed E-state index contributed by atoms with van der Waals surface area (Å²) >= 11 is 0. The first-order valence-corrected chi connectivity index (χ1v) is 6.65. The van der Waals surface area contributed by atoms with Crippen LogP contribution >= 0.6 is 0 Å². The fourth-order valence-corrected chi connectivity index (χ4v) is 2.07. The second kappa shape index (κ2) is 7.37. The molecule has 1 atom stereocenters. The molecule has 2 nitrogen and oxygen atoms in total. The smallest absolute Gasteiger partial charge is 0.169 e. The highest BCUT2D eigenvalue weighted by molar-refractivity contribution is 5.33. The van der Waals surface area contributed by atoms with E-state index in [-0.39, 0.29) is 11.9 Å². The molecule has 1 aromatic carbocycles. The second-order valence-electron chi connectivity index (χ2n) is 4.94. The van der Waals surface area contributed by atoms with Crippen molar-refractivity contribution in [2.45, 2.75) is 39.7 Å². The van der Waals surface area contributed by atoms with Crippen LogP contribution in [0.2, 0.25) is 0 Å². The standard InChI is InChI=1S/C15H24FNO/c1-5-17-13(10-9-11(2)3)12-7-6-8-14(18-4)15(12)16/h6-8,11,13,17H,5,9-10H2,1-4H3. The van der Waals surface area contributed by atoms with Gasteiger partial charge in [-0.25, -0.2) is 4.39 Å². The zero-order chi connectivity index (χ0) is 13.5. The van der Waals surface area contributed by atoms with Crippen LogP contribution in [0, 0.1) is 11.7 Å². The molecule has 3 heteroatoms. The van der Waals surface area contributed by atoms with Crippen LogP contribution in [0.3, 0.4) is 0 Å². The minimum Gasteiger partial charge on any atom is -0.494 e. The van der Waals surface area contributed by atoms with E-state index in [9.17, 15) is 4.39 Å². The maximum atomic E-state index is 14.2. The van der Waals surface area contributed by atoms with Gasteiger partial charge in [-0.3, -0.25) is 0 Å². The summed E-state index contributed by atoms with van der Waals surface area (Å²) in [6.07, 6.45) is 2.02. The van der Waals surface area contributed by atoms with E-state index in [1.54, 1.807) is 6.07 Å².